The maximum absolute atomic E-state index is 12.2. The molecule has 136 valence electrons. The Bertz CT molecular complexity index is 876. The second kappa shape index (κ2) is 7.77. The number of carbonyl (C=O) groups excluding carboxylic acids is 2. The van der Waals surface area contributed by atoms with Crippen molar-refractivity contribution in [2.75, 3.05) is 5.32 Å². The first kappa shape index (κ1) is 19.1. The third-order valence-corrected chi connectivity index (χ3v) is 3.92. The zero-order valence-corrected chi connectivity index (χ0v) is 15.0. The summed E-state index contributed by atoms with van der Waals surface area (Å²) < 4.78 is 5.17. The lowest BCUT2D eigenvalue weighted by atomic mass is 10.1. The summed E-state index contributed by atoms with van der Waals surface area (Å²) in [7, 11) is 0. The molecule has 0 spiro atoms. The Morgan fingerprint density at radius 3 is 2.35 bits per heavy atom. The monoisotopic (exact) mass is 356 g/mol. The highest BCUT2D eigenvalue weighted by Gasteiger charge is 2.21. The molecule has 2 rings (SSSR count). The predicted octanol–water partition coefficient (Wildman–Crippen LogP) is 3.70. The molecule has 1 N–H and O–H groups in total. The number of nitro groups is 1. The van der Waals surface area contributed by atoms with Crippen LogP contribution in [0.1, 0.15) is 34.0 Å². The third kappa shape index (κ3) is 4.44. The Morgan fingerprint density at radius 1 is 1.08 bits per heavy atom. The summed E-state index contributed by atoms with van der Waals surface area (Å²) in [5.74, 6) is -1.17. The van der Waals surface area contributed by atoms with Gasteiger partial charge in [0.15, 0.2) is 6.10 Å². The van der Waals surface area contributed by atoms with Gasteiger partial charge in [-0.15, -0.1) is 0 Å². The van der Waals surface area contributed by atoms with E-state index in [2.05, 4.69) is 5.32 Å². The molecule has 0 aromatic heterocycles. The second-order valence-electron chi connectivity index (χ2n) is 6.11. The van der Waals surface area contributed by atoms with Crippen molar-refractivity contribution in [2.24, 2.45) is 0 Å². The molecule has 1 amide bonds. The number of rotatable bonds is 5. The maximum Gasteiger partial charge on any atom is 0.338 e. The summed E-state index contributed by atoms with van der Waals surface area (Å²) in [5, 5.41) is 13.6. The Balaban J connectivity index is 2.05. The first-order valence-electron chi connectivity index (χ1n) is 8.03. The van der Waals surface area contributed by atoms with Crippen molar-refractivity contribution >= 4 is 23.3 Å². The van der Waals surface area contributed by atoms with Gasteiger partial charge in [-0.1, -0.05) is 17.7 Å². The van der Waals surface area contributed by atoms with Gasteiger partial charge in [-0.05, 0) is 51.5 Å². The van der Waals surface area contributed by atoms with Crippen LogP contribution >= 0.6 is 0 Å². The van der Waals surface area contributed by atoms with Gasteiger partial charge in [0.2, 0.25) is 0 Å². The van der Waals surface area contributed by atoms with Gasteiger partial charge in [0, 0.05) is 17.3 Å². The second-order valence-corrected chi connectivity index (χ2v) is 6.11. The van der Waals surface area contributed by atoms with Crippen molar-refractivity contribution < 1.29 is 19.2 Å². The fraction of sp³-hybridized carbons (Fsp3) is 0.263. The molecule has 0 unspecified atom stereocenters. The summed E-state index contributed by atoms with van der Waals surface area (Å²) >= 11 is 0. The van der Waals surface area contributed by atoms with Gasteiger partial charge in [-0.3, -0.25) is 14.9 Å². The summed E-state index contributed by atoms with van der Waals surface area (Å²) in [6.45, 7) is 6.83. The average molecular weight is 356 g/mol. The van der Waals surface area contributed by atoms with E-state index in [-0.39, 0.29) is 11.3 Å². The molecule has 2 aromatic rings. The van der Waals surface area contributed by atoms with Crippen LogP contribution in [0.3, 0.4) is 0 Å². The molecule has 0 saturated carbocycles. The normalized spacial score (nSPS) is 11.5. The van der Waals surface area contributed by atoms with E-state index >= 15 is 0 Å². The average Bonchev–Trinajstić information content (AvgIpc) is 2.56. The van der Waals surface area contributed by atoms with Crippen LogP contribution in [0.4, 0.5) is 11.4 Å². The van der Waals surface area contributed by atoms with Gasteiger partial charge in [0.1, 0.15) is 0 Å². The minimum atomic E-state index is -1.02. The summed E-state index contributed by atoms with van der Waals surface area (Å²) in [6.07, 6.45) is -1.02. The van der Waals surface area contributed by atoms with Crippen molar-refractivity contribution in [2.45, 2.75) is 33.8 Å². The Labute approximate surface area is 151 Å². The number of hydrogen-bond acceptors (Lipinski definition) is 5. The van der Waals surface area contributed by atoms with E-state index in [4.69, 9.17) is 4.74 Å². The molecule has 1 atom stereocenters. The van der Waals surface area contributed by atoms with Gasteiger partial charge in [0.05, 0.1) is 10.5 Å². The number of nitrogens with one attached hydrogen (secondary N) is 1. The number of nitro benzene ring substituents is 1. The Morgan fingerprint density at radius 2 is 1.77 bits per heavy atom. The van der Waals surface area contributed by atoms with Gasteiger partial charge in [-0.2, -0.15) is 0 Å². The van der Waals surface area contributed by atoms with Crippen LogP contribution in [0.5, 0.6) is 0 Å². The van der Waals surface area contributed by atoms with Crippen molar-refractivity contribution in [1.82, 2.24) is 0 Å². The molecular formula is C19H20N2O5. The highest BCUT2D eigenvalue weighted by molar-refractivity contribution is 5.97. The van der Waals surface area contributed by atoms with Crippen molar-refractivity contribution in [1.29, 1.82) is 0 Å². The van der Waals surface area contributed by atoms with E-state index in [1.165, 1.54) is 32.0 Å². The third-order valence-electron chi connectivity index (χ3n) is 3.92. The molecule has 0 fully saturated rings. The number of anilines is 1. The molecule has 0 bridgehead atoms. The number of ether oxygens (including phenoxy) is 1. The molecule has 2 aromatic carbocycles. The molecule has 0 saturated heterocycles. The van der Waals surface area contributed by atoms with Crippen LogP contribution in [-0.2, 0) is 9.53 Å². The minimum Gasteiger partial charge on any atom is -0.449 e. The number of esters is 1. The lowest BCUT2D eigenvalue weighted by Crippen LogP contribution is -2.30. The van der Waals surface area contributed by atoms with E-state index in [9.17, 15) is 19.7 Å². The first-order valence-corrected chi connectivity index (χ1v) is 8.03. The van der Waals surface area contributed by atoms with Crippen LogP contribution in [0.15, 0.2) is 36.4 Å². The summed E-state index contributed by atoms with van der Waals surface area (Å²) in [5.41, 5.74) is 3.05. The predicted molar refractivity (Wildman–Crippen MR) is 97.3 cm³/mol. The van der Waals surface area contributed by atoms with E-state index in [0.717, 1.165) is 11.1 Å². The number of aryl methyl sites for hydroxylation is 3. The van der Waals surface area contributed by atoms with E-state index in [1.54, 1.807) is 6.07 Å². The highest BCUT2D eigenvalue weighted by Crippen LogP contribution is 2.20. The highest BCUT2D eigenvalue weighted by atomic mass is 16.6. The first-order chi connectivity index (χ1) is 12.2. The van der Waals surface area contributed by atoms with Crippen LogP contribution < -0.4 is 5.32 Å². The van der Waals surface area contributed by atoms with Crippen LogP contribution in [-0.4, -0.2) is 22.9 Å². The zero-order valence-electron chi connectivity index (χ0n) is 15.0. The molecule has 0 aliphatic carbocycles. The minimum absolute atomic E-state index is 0.0813. The number of carbonyl (C=O) groups is 2. The van der Waals surface area contributed by atoms with Gasteiger partial charge in [-0.25, -0.2) is 4.79 Å². The fourth-order valence-corrected chi connectivity index (χ4v) is 2.46. The summed E-state index contributed by atoms with van der Waals surface area (Å²) in [4.78, 5) is 34.7. The smallest absolute Gasteiger partial charge is 0.338 e. The van der Waals surface area contributed by atoms with Crippen LogP contribution in [0.2, 0.25) is 0 Å². The SMILES string of the molecule is Cc1ccc(NC(=O)[C@H](C)OC(=O)c2ccc([N+](=O)[O-])c(C)c2)c(C)c1. The zero-order chi connectivity index (χ0) is 19.4. The Kier molecular flexibility index (Phi) is 5.71. The van der Waals surface area contributed by atoms with Crippen LogP contribution in [0.25, 0.3) is 0 Å². The quantitative estimate of drug-likeness (QED) is 0.500. The number of amides is 1. The van der Waals surface area contributed by atoms with Crippen molar-refractivity contribution in [3.05, 3.63) is 68.8 Å². The fourth-order valence-electron chi connectivity index (χ4n) is 2.46. The van der Waals surface area contributed by atoms with Gasteiger partial charge in [0.25, 0.3) is 11.6 Å². The van der Waals surface area contributed by atoms with E-state index in [1.807, 2.05) is 26.0 Å². The largest absolute Gasteiger partial charge is 0.449 e. The van der Waals surface area contributed by atoms with Gasteiger partial charge >= 0.3 is 5.97 Å². The van der Waals surface area contributed by atoms with Crippen LogP contribution in [0, 0.1) is 30.9 Å². The van der Waals surface area contributed by atoms with E-state index < -0.39 is 22.9 Å². The number of nitrogens with zero attached hydrogens (tertiary/aromatic N) is 1. The van der Waals surface area contributed by atoms with Crippen molar-refractivity contribution in [3.8, 4) is 0 Å². The standard InChI is InChI=1S/C19H20N2O5/c1-11-5-7-16(12(2)9-11)20-18(22)14(4)26-19(23)15-6-8-17(21(24)25)13(3)10-15/h5-10,14H,1-4H3,(H,20,22)/t14-/m0/s1. The lowest BCUT2D eigenvalue weighted by Gasteiger charge is -2.15. The maximum atomic E-state index is 12.2. The van der Waals surface area contributed by atoms with E-state index in [0.29, 0.717) is 11.3 Å². The molecular weight excluding hydrogens is 336 g/mol. The number of benzene rings is 2. The molecule has 0 aliphatic heterocycles. The summed E-state index contributed by atoms with van der Waals surface area (Å²) in [6, 6.07) is 9.52. The number of hydrogen-bond donors (Lipinski definition) is 1. The molecule has 7 nitrogen and oxygen atoms in total. The molecule has 7 heteroatoms. The molecule has 0 aliphatic rings. The Hall–Kier alpha value is -3.22. The van der Waals surface area contributed by atoms with Gasteiger partial charge < -0.3 is 10.1 Å². The molecule has 0 radical (unpaired) electrons. The lowest BCUT2D eigenvalue weighted by molar-refractivity contribution is -0.385. The van der Waals surface area contributed by atoms with Crippen molar-refractivity contribution in [3.63, 3.8) is 0 Å². The molecule has 0 heterocycles. The molecule has 26 heavy (non-hydrogen) atoms. The topological polar surface area (TPSA) is 98.5 Å².